The minimum atomic E-state index is -0.595. The second kappa shape index (κ2) is 9.77. The average Bonchev–Trinajstić information content (AvgIpc) is 2.87. The molecule has 0 unspecified atom stereocenters. The van der Waals surface area contributed by atoms with E-state index in [1.54, 1.807) is 66.4 Å². The number of carbonyl (C=O) groups is 1. The molecule has 0 atom stereocenters. The number of rotatable bonds is 6. The molecule has 1 amide bonds. The van der Waals surface area contributed by atoms with E-state index in [1.807, 2.05) is 19.9 Å². The van der Waals surface area contributed by atoms with Crippen LogP contribution in [0.3, 0.4) is 0 Å². The summed E-state index contributed by atoms with van der Waals surface area (Å²) in [5.74, 6) is -0.293. The first-order valence-corrected chi connectivity index (χ1v) is 11.4. The van der Waals surface area contributed by atoms with Crippen LogP contribution < -0.4 is 11.2 Å². The van der Waals surface area contributed by atoms with Crippen LogP contribution in [-0.4, -0.2) is 38.0 Å². The highest BCUT2D eigenvalue weighted by atomic mass is 16.2. The Morgan fingerprint density at radius 2 is 1.74 bits per heavy atom. The molecular weight excluding hydrogens is 442 g/mol. The molecule has 35 heavy (non-hydrogen) atoms. The Labute approximate surface area is 202 Å². The van der Waals surface area contributed by atoms with Gasteiger partial charge in [-0.05, 0) is 56.7 Å². The van der Waals surface area contributed by atoms with Crippen LogP contribution in [0.2, 0.25) is 0 Å². The van der Waals surface area contributed by atoms with Gasteiger partial charge in [0.1, 0.15) is 0 Å². The van der Waals surface area contributed by atoms with E-state index in [2.05, 4.69) is 11.1 Å². The lowest BCUT2D eigenvalue weighted by Gasteiger charge is -2.21. The molecule has 8 heteroatoms. The lowest BCUT2D eigenvalue weighted by Crippen LogP contribution is -2.41. The van der Waals surface area contributed by atoms with Crippen molar-refractivity contribution in [3.63, 3.8) is 0 Å². The van der Waals surface area contributed by atoms with Crippen molar-refractivity contribution in [2.45, 2.75) is 27.3 Å². The van der Waals surface area contributed by atoms with E-state index in [4.69, 9.17) is 0 Å². The first kappa shape index (κ1) is 23.6. The molecule has 2 heterocycles. The minimum absolute atomic E-state index is 0.0528. The van der Waals surface area contributed by atoms with Gasteiger partial charge in [-0.15, -0.1) is 0 Å². The predicted octanol–water partition coefficient (Wildman–Crippen LogP) is 3.26. The highest BCUT2D eigenvalue weighted by Crippen LogP contribution is 2.19. The first-order valence-electron chi connectivity index (χ1n) is 11.4. The molecule has 0 aliphatic carbocycles. The van der Waals surface area contributed by atoms with Gasteiger partial charge in [0.2, 0.25) is 0 Å². The van der Waals surface area contributed by atoms with Gasteiger partial charge in [-0.25, -0.2) is 14.3 Å². The summed E-state index contributed by atoms with van der Waals surface area (Å²) in [6, 6.07) is 19.3. The third-order valence-corrected chi connectivity index (χ3v) is 5.91. The molecule has 0 aliphatic rings. The average molecular weight is 468 g/mol. The summed E-state index contributed by atoms with van der Waals surface area (Å²) in [6.45, 7) is 6.38. The molecule has 0 aliphatic heterocycles. The molecule has 0 bridgehead atoms. The normalized spacial score (nSPS) is 10.8. The van der Waals surface area contributed by atoms with E-state index in [9.17, 15) is 19.6 Å². The van der Waals surface area contributed by atoms with Crippen LogP contribution in [-0.2, 0) is 6.54 Å². The van der Waals surface area contributed by atoms with Gasteiger partial charge in [0.15, 0.2) is 5.65 Å². The smallest absolute Gasteiger partial charge is 0.337 e. The number of amides is 1. The second-order valence-electron chi connectivity index (χ2n) is 8.14. The second-order valence-corrected chi connectivity index (χ2v) is 8.14. The van der Waals surface area contributed by atoms with E-state index < -0.39 is 11.2 Å². The van der Waals surface area contributed by atoms with Crippen LogP contribution >= 0.6 is 0 Å². The SMILES string of the molecule is CCN(CC)C(=O)c1cc(C)nc2c1c(=O)n(Cc1cccc(C#N)c1)c(=O)n2-c1ccccc1. The summed E-state index contributed by atoms with van der Waals surface area (Å²) >= 11 is 0. The number of para-hydroxylation sites is 1. The fourth-order valence-corrected chi connectivity index (χ4v) is 4.18. The number of pyridine rings is 1. The number of hydrogen-bond donors (Lipinski definition) is 0. The highest BCUT2D eigenvalue weighted by molar-refractivity contribution is 6.05. The Morgan fingerprint density at radius 1 is 1.03 bits per heavy atom. The quantitative estimate of drug-likeness (QED) is 0.433. The fourth-order valence-electron chi connectivity index (χ4n) is 4.18. The van der Waals surface area contributed by atoms with E-state index in [0.29, 0.717) is 35.6 Å². The van der Waals surface area contributed by atoms with Crippen molar-refractivity contribution in [3.8, 4) is 11.8 Å². The molecular formula is C27H25N5O3. The molecule has 4 rings (SSSR count). The Bertz CT molecular complexity index is 1580. The van der Waals surface area contributed by atoms with E-state index in [0.717, 1.165) is 4.57 Å². The summed E-state index contributed by atoms with van der Waals surface area (Å²) in [4.78, 5) is 47.1. The van der Waals surface area contributed by atoms with Crippen LogP contribution in [0.25, 0.3) is 16.7 Å². The van der Waals surface area contributed by atoms with Crippen LogP contribution in [0.4, 0.5) is 0 Å². The summed E-state index contributed by atoms with van der Waals surface area (Å²) in [6.07, 6.45) is 0. The zero-order valence-electron chi connectivity index (χ0n) is 19.9. The molecule has 8 nitrogen and oxygen atoms in total. The van der Waals surface area contributed by atoms with Crippen LogP contribution in [0.1, 0.15) is 41.0 Å². The fraction of sp³-hybridized carbons (Fsp3) is 0.222. The van der Waals surface area contributed by atoms with Crippen LogP contribution in [0, 0.1) is 18.3 Å². The number of nitriles is 1. The number of nitrogens with zero attached hydrogens (tertiary/aromatic N) is 5. The number of aryl methyl sites for hydroxylation is 1. The molecule has 4 aromatic rings. The Hall–Kier alpha value is -4.51. The molecule has 0 saturated carbocycles. The number of benzene rings is 2. The highest BCUT2D eigenvalue weighted by Gasteiger charge is 2.24. The number of aromatic nitrogens is 3. The van der Waals surface area contributed by atoms with E-state index in [1.165, 1.54) is 4.57 Å². The summed E-state index contributed by atoms with van der Waals surface area (Å²) < 4.78 is 2.47. The minimum Gasteiger partial charge on any atom is -0.339 e. The van der Waals surface area contributed by atoms with Crippen molar-refractivity contribution in [1.82, 2.24) is 19.0 Å². The molecule has 0 radical (unpaired) electrons. The molecule has 0 spiro atoms. The molecule has 176 valence electrons. The monoisotopic (exact) mass is 467 g/mol. The number of hydrogen-bond acceptors (Lipinski definition) is 5. The molecule has 0 N–H and O–H groups in total. The van der Waals surface area contributed by atoms with Crippen LogP contribution in [0.15, 0.2) is 70.3 Å². The van der Waals surface area contributed by atoms with Gasteiger partial charge in [0.05, 0.1) is 34.8 Å². The van der Waals surface area contributed by atoms with Gasteiger partial charge >= 0.3 is 5.69 Å². The molecule has 2 aromatic carbocycles. The van der Waals surface area contributed by atoms with Gasteiger partial charge in [-0.1, -0.05) is 30.3 Å². The topological polar surface area (TPSA) is 101 Å². The van der Waals surface area contributed by atoms with E-state index >= 15 is 0 Å². The zero-order chi connectivity index (χ0) is 25.1. The number of fused-ring (bicyclic) bond motifs is 1. The summed E-state index contributed by atoms with van der Waals surface area (Å²) in [5, 5.41) is 9.35. The Kier molecular flexibility index (Phi) is 6.60. The Morgan fingerprint density at radius 3 is 2.40 bits per heavy atom. The van der Waals surface area contributed by atoms with Gasteiger partial charge in [-0.3, -0.25) is 14.2 Å². The summed E-state index contributed by atoms with van der Waals surface area (Å²) in [5.41, 5.74) is 1.29. The number of carbonyl (C=O) groups excluding carboxylic acids is 1. The zero-order valence-corrected chi connectivity index (χ0v) is 19.9. The van der Waals surface area contributed by atoms with Crippen molar-refractivity contribution in [1.29, 1.82) is 5.26 Å². The largest absolute Gasteiger partial charge is 0.339 e. The maximum absolute atomic E-state index is 13.8. The van der Waals surface area contributed by atoms with Crippen molar-refractivity contribution < 1.29 is 4.79 Å². The first-order chi connectivity index (χ1) is 16.9. The van der Waals surface area contributed by atoms with Crippen molar-refractivity contribution in [3.05, 3.63) is 104 Å². The van der Waals surface area contributed by atoms with Crippen molar-refractivity contribution in [2.24, 2.45) is 0 Å². The maximum Gasteiger partial charge on any atom is 0.337 e. The lowest BCUT2D eigenvalue weighted by atomic mass is 10.1. The predicted molar refractivity (Wildman–Crippen MR) is 134 cm³/mol. The van der Waals surface area contributed by atoms with Gasteiger partial charge in [0.25, 0.3) is 11.5 Å². The standard InChI is InChI=1S/C27H25N5O3/c1-4-30(5-2)25(33)22-14-18(3)29-24-23(22)26(34)31(17-20-11-9-10-19(15-20)16-28)27(35)32(24)21-12-7-6-8-13-21/h6-15H,4-5,17H2,1-3H3. The van der Waals surface area contributed by atoms with Gasteiger partial charge < -0.3 is 4.90 Å². The van der Waals surface area contributed by atoms with Crippen LogP contribution in [0.5, 0.6) is 0 Å². The van der Waals surface area contributed by atoms with Crippen molar-refractivity contribution in [2.75, 3.05) is 13.1 Å². The van der Waals surface area contributed by atoms with Gasteiger partial charge in [0, 0.05) is 18.8 Å². The summed E-state index contributed by atoms with van der Waals surface area (Å²) in [7, 11) is 0. The molecule has 0 fully saturated rings. The molecule has 2 aromatic heterocycles. The molecule has 0 saturated heterocycles. The third-order valence-electron chi connectivity index (χ3n) is 5.91. The Balaban J connectivity index is 2.11. The third kappa shape index (κ3) is 4.36. The maximum atomic E-state index is 13.8. The van der Waals surface area contributed by atoms with Gasteiger partial charge in [-0.2, -0.15) is 5.26 Å². The van der Waals surface area contributed by atoms with Crippen molar-refractivity contribution >= 4 is 16.9 Å². The lowest BCUT2D eigenvalue weighted by molar-refractivity contribution is 0.0774. The van der Waals surface area contributed by atoms with E-state index in [-0.39, 0.29) is 29.0 Å².